The lowest BCUT2D eigenvalue weighted by molar-refractivity contribution is -0.0521. The summed E-state index contributed by atoms with van der Waals surface area (Å²) >= 11 is 0. The Bertz CT molecular complexity index is 442. The van der Waals surface area contributed by atoms with Crippen LogP contribution >= 0.6 is 0 Å². The molecule has 0 aliphatic heterocycles. The average molecular weight is 292 g/mol. The van der Waals surface area contributed by atoms with Crippen LogP contribution in [-0.4, -0.2) is 24.4 Å². The number of ether oxygens (including phenoxy) is 1. The molecular weight excluding hydrogens is 273 g/mol. The Morgan fingerprint density at radius 3 is 2.55 bits per heavy atom. The summed E-state index contributed by atoms with van der Waals surface area (Å²) in [6.45, 7) is 0.989. The first-order chi connectivity index (χ1) is 9.29. The highest BCUT2D eigenvalue weighted by molar-refractivity contribution is 5.68. The van der Waals surface area contributed by atoms with E-state index in [4.69, 9.17) is 5.73 Å². The number of benzene rings is 1. The number of nitrogens with two attached hydrogens (primary N) is 1. The minimum atomic E-state index is -3.12. The van der Waals surface area contributed by atoms with Crippen LogP contribution in [0.5, 0.6) is 5.75 Å². The van der Waals surface area contributed by atoms with Gasteiger partial charge in [-0.2, -0.15) is 8.78 Å². The summed E-state index contributed by atoms with van der Waals surface area (Å²) in [6, 6.07) is 1.95. The highest BCUT2D eigenvalue weighted by Gasteiger charge is 2.14. The third kappa shape index (κ3) is 5.16. The van der Waals surface area contributed by atoms with E-state index in [-0.39, 0.29) is 17.9 Å². The quantitative estimate of drug-likeness (QED) is 0.676. The number of alkyl halides is 2. The second kappa shape index (κ2) is 7.23. The minimum Gasteiger partial charge on any atom is -0.432 e. The maximum absolute atomic E-state index is 13.3. The van der Waals surface area contributed by atoms with Crippen LogP contribution in [0.3, 0.4) is 0 Å². The number of nitrogen functional groups attached to an aromatic ring is 1. The SMILES string of the molecule is CC(C)CC(O)CNc1cc(OC(F)F)c(F)cc1N. The Morgan fingerprint density at radius 2 is 2.00 bits per heavy atom. The molecule has 1 aromatic rings. The molecule has 1 rings (SSSR count). The molecule has 0 saturated heterocycles. The maximum Gasteiger partial charge on any atom is 0.387 e. The monoisotopic (exact) mass is 292 g/mol. The molecule has 4 N–H and O–H groups in total. The lowest BCUT2D eigenvalue weighted by atomic mass is 10.1. The minimum absolute atomic E-state index is 0.0564. The highest BCUT2D eigenvalue weighted by Crippen LogP contribution is 2.29. The number of halogens is 3. The molecule has 0 aliphatic rings. The molecule has 0 heterocycles. The van der Waals surface area contributed by atoms with Gasteiger partial charge in [0.1, 0.15) is 0 Å². The first-order valence-electron chi connectivity index (χ1n) is 6.25. The van der Waals surface area contributed by atoms with Gasteiger partial charge in [0.25, 0.3) is 0 Å². The Morgan fingerprint density at radius 1 is 1.35 bits per heavy atom. The first kappa shape index (κ1) is 16.4. The maximum atomic E-state index is 13.3. The molecule has 20 heavy (non-hydrogen) atoms. The van der Waals surface area contributed by atoms with Crippen LogP contribution < -0.4 is 15.8 Å². The molecule has 0 bridgehead atoms. The lowest BCUT2D eigenvalue weighted by Crippen LogP contribution is -2.21. The predicted octanol–water partition coefficient (Wildman–Crippen LogP) is 2.83. The van der Waals surface area contributed by atoms with Crippen LogP contribution in [-0.2, 0) is 0 Å². The number of anilines is 2. The Kier molecular flexibility index (Phi) is 5.94. The summed E-state index contributed by atoms with van der Waals surface area (Å²) < 4.78 is 41.6. The van der Waals surface area contributed by atoms with Gasteiger partial charge in [-0.15, -0.1) is 0 Å². The van der Waals surface area contributed by atoms with Gasteiger partial charge in [0, 0.05) is 18.7 Å². The van der Waals surface area contributed by atoms with E-state index in [1.807, 2.05) is 13.8 Å². The van der Waals surface area contributed by atoms with Crippen LogP contribution in [0.1, 0.15) is 20.3 Å². The van der Waals surface area contributed by atoms with E-state index in [0.717, 1.165) is 12.1 Å². The Labute approximate surface area is 115 Å². The normalized spacial score (nSPS) is 12.8. The third-order valence-corrected chi connectivity index (χ3v) is 2.59. The molecular formula is C13H19F3N2O2. The van der Waals surface area contributed by atoms with Gasteiger partial charge in [0.05, 0.1) is 17.5 Å². The van der Waals surface area contributed by atoms with Gasteiger partial charge < -0.3 is 20.9 Å². The number of hydrogen-bond acceptors (Lipinski definition) is 4. The average Bonchev–Trinajstić information content (AvgIpc) is 2.29. The number of nitrogens with one attached hydrogen (secondary N) is 1. The van der Waals surface area contributed by atoms with Crippen molar-refractivity contribution in [3.05, 3.63) is 17.9 Å². The van der Waals surface area contributed by atoms with E-state index >= 15 is 0 Å². The molecule has 0 aromatic heterocycles. The van der Waals surface area contributed by atoms with E-state index in [2.05, 4.69) is 10.1 Å². The van der Waals surface area contributed by atoms with Crippen molar-refractivity contribution < 1.29 is 23.0 Å². The van der Waals surface area contributed by atoms with Gasteiger partial charge in [-0.3, -0.25) is 0 Å². The largest absolute Gasteiger partial charge is 0.432 e. The predicted molar refractivity (Wildman–Crippen MR) is 71.4 cm³/mol. The van der Waals surface area contributed by atoms with Crippen LogP contribution in [0, 0.1) is 11.7 Å². The molecule has 0 amide bonds. The number of rotatable bonds is 7. The van der Waals surface area contributed by atoms with Crippen molar-refractivity contribution in [3.8, 4) is 5.75 Å². The van der Waals surface area contributed by atoms with Gasteiger partial charge in [-0.1, -0.05) is 13.8 Å². The van der Waals surface area contributed by atoms with Gasteiger partial charge in [0.2, 0.25) is 0 Å². The number of aliphatic hydroxyl groups is 1. The van der Waals surface area contributed by atoms with E-state index < -0.39 is 24.3 Å². The fourth-order valence-corrected chi connectivity index (χ4v) is 1.76. The molecule has 0 fully saturated rings. The molecule has 1 unspecified atom stereocenters. The Hall–Kier alpha value is -1.63. The van der Waals surface area contributed by atoms with E-state index in [1.165, 1.54) is 0 Å². The molecule has 4 nitrogen and oxygen atoms in total. The first-order valence-corrected chi connectivity index (χ1v) is 6.25. The van der Waals surface area contributed by atoms with Gasteiger partial charge >= 0.3 is 6.61 Å². The number of hydrogen-bond donors (Lipinski definition) is 3. The number of aliphatic hydroxyl groups excluding tert-OH is 1. The third-order valence-electron chi connectivity index (χ3n) is 2.59. The van der Waals surface area contributed by atoms with E-state index in [0.29, 0.717) is 12.3 Å². The van der Waals surface area contributed by atoms with Gasteiger partial charge in [-0.05, 0) is 12.3 Å². The van der Waals surface area contributed by atoms with E-state index in [9.17, 15) is 18.3 Å². The molecule has 1 atom stereocenters. The molecule has 7 heteroatoms. The van der Waals surface area contributed by atoms with Crippen LogP contribution in [0.25, 0.3) is 0 Å². The van der Waals surface area contributed by atoms with Crippen molar-refractivity contribution in [2.45, 2.75) is 33.0 Å². The molecule has 114 valence electrons. The zero-order chi connectivity index (χ0) is 15.3. The van der Waals surface area contributed by atoms with Crippen molar-refractivity contribution in [1.82, 2.24) is 0 Å². The van der Waals surface area contributed by atoms with Crippen molar-refractivity contribution >= 4 is 11.4 Å². The van der Waals surface area contributed by atoms with Crippen molar-refractivity contribution in [2.24, 2.45) is 5.92 Å². The zero-order valence-corrected chi connectivity index (χ0v) is 11.4. The van der Waals surface area contributed by atoms with Gasteiger partial charge in [-0.25, -0.2) is 4.39 Å². The van der Waals surface area contributed by atoms with Crippen molar-refractivity contribution in [3.63, 3.8) is 0 Å². The Balaban J connectivity index is 2.74. The summed E-state index contributed by atoms with van der Waals surface area (Å²) in [5.74, 6) is -1.23. The molecule has 0 radical (unpaired) electrons. The zero-order valence-electron chi connectivity index (χ0n) is 11.4. The summed E-state index contributed by atoms with van der Waals surface area (Å²) in [6.07, 6.45) is -0.0342. The highest BCUT2D eigenvalue weighted by atomic mass is 19.3. The molecule has 0 saturated carbocycles. The van der Waals surface area contributed by atoms with E-state index in [1.54, 1.807) is 0 Å². The van der Waals surface area contributed by atoms with Crippen molar-refractivity contribution in [2.75, 3.05) is 17.6 Å². The molecule has 1 aromatic carbocycles. The van der Waals surface area contributed by atoms with Gasteiger partial charge in [0.15, 0.2) is 11.6 Å². The molecule has 0 spiro atoms. The second-order valence-electron chi connectivity index (χ2n) is 4.91. The standard InChI is InChI=1S/C13H19F3N2O2/c1-7(2)3-8(19)6-18-11-5-12(20-13(15)16)9(14)4-10(11)17/h4-5,7-8,13,18-19H,3,6,17H2,1-2H3. The van der Waals surface area contributed by atoms with Crippen LogP contribution in [0.15, 0.2) is 12.1 Å². The summed E-state index contributed by atoms with van der Waals surface area (Å²) in [4.78, 5) is 0. The lowest BCUT2D eigenvalue weighted by Gasteiger charge is -2.17. The van der Waals surface area contributed by atoms with Crippen LogP contribution in [0.4, 0.5) is 24.5 Å². The smallest absolute Gasteiger partial charge is 0.387 e. The summed E-state index contributed by atoms with van der Waals surface area (Å²) in [5, 5.41) is 12.5. The molecule has 0 aliphatic carbocycles. The van der Waals surface area contributed by atoms with Crippen molar-refractivity contribution in [1.29, 1.82) is 0 Å². The summed E-state index contributed by atoms with van der Waals surface area (Å²) in [5.41, 5.74) is 5.88. The topological polar surface area (TPSA) is 67.5 Å². The fourth-order valence-electron chi connectivity index (χ4n) is 1.76. The fraction of sp³-hybridized carbons (Fsp3) is 0.538. The second-order valence-corrected chi connectivity index (χ2v) is 4.91. The summed E-state index contributed by atoms with van der Waals surface area (Å²) in [7, 11) is 0. The van der Waals surface area contributed by atoms with Crippen LogP contribution in [0.2, 0.25) is 0 Å².